The summed E-state index contributed by atoms with van der Waals surface area (Å²) in [4.78, 5) is 2.53. The average molecular weight is 353 g/mol. The molecule has 2 heterocycles. The Kier molecular flexibility index (Phi) is 5.69. The van der Waals surface area contributed by atoms with E-state index in [2.05, 4.69) is 20.8 Å². The highest BCUT2D eigenvalue weighted by molar-refractivity contribution is 9.09. The van der Waals surface area contributed by atoms with Crippen LogP contribution in [0.1, 0.15) is 25.7 Å². The molecule has 2 unspecified atom stereocenters. The van der Waals surface area contributed by atoms with Crippen LogP contribution in [0.3, 0.4) is 0 Å². The summed E-state index contributed by atoms with van der Waals surface area (Å²) in [5.41, 5.74) is 0. The molecule has 0 aromatic carbocycles. The van der Waals surface area contributed by atoms with Gasteiger partial charge in [0, 0.05) is 31.5 Å². The van der Waals surface area contributed by atoms with Crippen molar-refractivity contribution in [3.63, 3.8) is 0 Å². The molecule has 2 aliphatic heterocycles. The molecular weight excluding hydrogens is 328 g/mol. The molecular formula is C13H25BrN2O2S. The zero-order valence-electron chi connectivity index (χ0n) is 11.7. The topological polar surface area (TPSA) is 40.6 Å². The number of rotatable bonds is 4. The van der Waals surface area contributed by atoms with E-state index in [0.29, 0.717) is 19.0 Å². The van der Waals surface area contributed by atoms with E-state index in [-0.39, 0.29) is 0 Å². The number of halogens is 1. The Hall–Kier alpha value is 0.350. The molecule has 0 aromatic heterocycles. The second-order valence-electron chi connectivity index (χ2n) is 6.05. The molecule has 0 aromatic rings. The minimum absolute atomic E-state index is 0.512. The van der Waals surface area contributed by atoms with Crippen LogP contribution in [-0.2, 0) is 10.0 Å². The quantitative estimate of drug-likeness (QED) is 0.724. The van der Waals surface area contributed by atoms with Crippen LogP contribution in [0.4, 0.5) is 0 Å². The molecule has 0 spiro atoms. The van der Waals surface area contributed by atoms with Crippen LogP contribution in [-0.4, -0.2) is 61.9 Å². The van der Waals surface area contributed by atoms with Crippen LogP contribution >= 0.6 is 15.9 Å². The van der Waals surface area contributed by atoms with Crippen LogP contribution in [0.5, 0.6) is 0 Å². The fraction of sp³-hybridized carbons (Fsp3) is 1.00. The second-order valence-corrected chi connectivity index (χ2v) is 8.68. The summed E-state index contributed by atoms with van der Waals surface area (Å²) in [5.74, 6) is 1.28. The zero-order chi connectivity index (χ0) is 13.9. The predicted octanol–water partition coefficient (Wildman–Crippen LogP) is 1.76. The van der Waals surface area contributed by atoms with Gasteiger partial charge in [0.25, 0.3) is 0 Å². The molecule has 4 nitrogen and oxygen atoms in total. The van der Waals surface area contributed by atoms with Gasteiger partial charge in [0.2, 0.25) is 10.0 Å². The van der Waals surface area contributed by atoms with Crippen molar-refractivity contribution in [3.05, 3.63) is 0 Å². The number of hydrogen-bond acceptors (Lipinski definition) is 3. The van der Waals surface area contributed by atoms with Gasteiger partial charge >= 0.3 is 0 Å². The highest BCUT2D eigenvalue weighted by atomic mass is 79.9. The van der Waals surface area contributed by atoms with Crippen LogP contribution in [0.25, 0.3) is 0 Å². The van der Waals surface area contributed by atoms with Crippen molar-refractivity contribution in [1.29, 1.82) is 0 Å². The minimum atomic E-state index is -3.01. The number of sulfonamides is 1. The molecule has 2 atom stereocenters. The van der Waals surface area contributed by atoms with E-state index in [4.69, 9.17) is 0 Å². The van der Waals surface area contributed by atoms with Gasteiger partial charge in [-0.2, -0.15) is 0 Å². The molecule has 2 fully saturated rings. The third kappa shape index (κ3) is 4.69. The first-order valence-corrected chi connectivity index (χ1v) is 10.2. The Balaban J connectivity index is 1.85. The molecule has 2 aliphatic rings. The summed E-state index contributed by atoms with van der Waals surface area (Å²) >= 11 is 3.59. The smallest absolute Gasteiger partial charge is 0.211 e. The Morgan fingerprint density at radius 2 is 1.79 bits per heavy atom. The molecule has 0 saturated carbocycles. The number of likely N-dealkylation sites (tertiary alicyclic amines) is 1. The number of alkyl halides is 1. The summed E-state index contributed by atoms with van der Waals surface area (Å²) < 4.78 is 24.9. The molecule has 6 heteroatoms. The normalized spacial score (nSPS) is 31.5. The Bertz CT molecular complexity index is 388. The zero-order valence-corrected chi connectivity index (χ0v) is 14.1. The van der Waals surface area contributed by atoms with Crippen molar-refractivity contribution >= 4 is 26.0 Å². The van der Waals surface area contributed by atoms with Crippen molar-refractivity contribution in [2.24, 2.45) is 11.8 Å². The molecule has 2 saturated heterocycles. The maximum atomic E-state index is 11.6. The van der Waals surface area contributed by atoms with Gasteiger partial charge < -0.3 is 4.90 Å². The first-order chi connectivity index (χ1) is 8.99. The van der Waals surface area contributed by atoms with Crippen LogP contribution in [0.15, 0.2) is 0 Å². The summed E-state index contributed by atoms with van der Waals surface area (Å²) in [6.45, 7) is 4.84. The molecule has 2 rings (SSSR count). The van der Waals surface area contributed by atoms with E-state index in [9.17, 15) is 8.42 Å². The molecule has 0 aliphatic carbocycles. The molecule has 0 amide bonds. The highest BCUT2D eigenvalue weighted by Crippen LogP contribution is 2.23. The summed E-state index contributed by atoms with van der Waals surface area (Å²) in [7, 11) is -3.01. The maximum absolute atomic E-state index is 11.6. The van der Waals surface area contributed by atoms with Crippen molar-refractivity contribution in [3.8, 4) is 0 Å². The molecule has 0 bridgehead atoms. The van der Waals surface area contributed by atoms with Crippen molar-refractivity contribution in [2.45, 2.75) is 25.7 Å². The van der Waals surface area contributed by atoms with Crippen LogP contribution in [0.2, 0.25) is 0 Å². The molecule has 0 radical (unpaired) electrons. The Labute approximate surface area is 125 Å². The standard InChI is InChI=1S/C13H25BrN2O2S/c1-19(17,18)16-7-3-5-13(11-16)10-15-6-2-4-12(8-14)9-15/h12-13H,2-11H2,1H3. The van der Waals surface area contributed by atoms with E-state index < -0.39 is 10.0 Å². The first kappa shape index (κ1) is 15.7. The third-order valence-corrected chi connectivity index (χ3v) is 6.47. The lowest BCUT2D eigenvalue weighted by Crippen LogP contribution is -2.45. The predicted molar refractivity (Wildman–Crippen MR) is 82.1 cm³/mol. The Morgan fingerprint density at radius 3 is 2.47 bits per heavy atom. The summed E-state index contributed by atoms with van der Waals surface area (Å²) in [6, 6.07) is 0. The highest BCUT2D eigenvalue weighted by Gasteiger charge is 2.28. The van der Waals surface area contributed by atoms with Crippen LogP contribution < -0.4 is 0 Å². The fourth-order valence-electron chi connectivity index (χ4n) is 3.29. The molecule has 112 valence electrons. The average Bonchev–Trinajstić information content (AvgIpc) is 2.38. The van der Waals surface area contributed by atoms with Gasteiger partial charge in [-0.25, -0.2) is 12.7 Å². The number of nitrogens with zero attached hydrogens (tertiary/aromatic N) is 2. The van der Waals surface area contributed by atoms with Crippen molar-refractivity contribution in [1.82, 2.24) is 9.21 Å². The summed E-state index contributed by atoms with van der Waals surface area (Å²) in [5, 5.41) is 1.09. The lowest BCUT2D eigenvalue weighted by atomic mass is 9.95. The van der Waals surface area contributed by atoms with Gasteiger partial charge in [-0.1, -0.05) is 15.9 Å². The van der Waals surface area contributed by atoms with Crippen molar-refractivity contribution in [2.75, 3.05) is 44.3 Å². The van der Waals surface area contributed by atoms with E-state index in [1.807, 2.05) is 0 Å². The fourth-order valence-corrected chi connectivity index (χ4v) is 4.76. The summed E-state index contributed by atoms with van der Waals surface area (Å²) in [6.07, 6.45) is 6.10. The van der Waals surface area contributed by atoms with E-state index >= 15 is 0 Å². The van der Waals surface area contributed by atoms with Gasteiger partial charge in [0.15, 0.2) is 0 Å². The van der Waals surface area contributed by atoms with Gasteiger partial charge in [0.05, 0.1) is 6.26 Å². The largest absolute Gasteiger partial charge is 0.303 e. The van der Waals surface area contributed by atoms with E-state index in [1.165, 1.54) is 38.6 Å². The third-order valence-electron chi connectivity index (χ3n) is 4.29. The van der Waals surface area contributed by atoms with Gasteiger partial charge in [0.1, 0.15) is 0 Å². The number of hydrogen-bond donors (Lipinski definition) is 0. The lowest BCUT2D eigenvalue weighted by Gasteiger charge is -2.37. The molecule has 19 heavy (non-hydrogen) atoms. The minimum Gasteiger partial charge on any atom is -0.303 e. The molecule has 0 N–H and O–H groups in total. The van der Waals surface area contributed by atoms with Gasteiger partial charge in [-0.15, -0.1) is 0 Å². The lowest BCUT2D eigenvalue weighted by molar-refractivity contribution is 0.135. The van der Waals surface area contributed by atoms with Crippen LogP contribution in [0, 0.1) is 11.8 Å². The maximum Gasteiger partial charge on any atom is 0.211 e. The second kappa shape index (κ2) is 6.87. The number of piperidine rings is 2. The van der Waals surface area contributed by atoms with Gasteiger partial charge in [-0.3, -0.25) is 0 Å². The van der Waals surface area contributed by atoms with Gasteiger partial charge in [-0.05, 0) is 44.1 Å². The van der Waals surface area contributed by atoms with Crippen molar-refractivity contribution < 1.29 is 8.42 Å². The first-order valence-electron chi connectivity index (χ1n) is 7.22. The SMILES string of the molecule is CS(=O)(=O)N1CCCC(CN2CCCC(CBr)C2)C1. The van der Waals surface area contributed by atoms with E-state index in [1.54, 1.807) is 4.31 Å². The van der Waals surface area contributed by atoms with E-state index in [0.717, 1.165) is 24.2 Å². The monoisotopic (exact) mass is 352 g/mol. The Morgan fingerprint density at radius 1 is 1.11 bits per heavy atom.